The number of rotatable bonds is 6. The maximum Gasteiger partial charge on any atom is 0.288 e. The van der Waals surface area contributed by atoms with Gasteiger partial charge in [-0.1, -0.05) is 26.3 Å². The van der Waals surface area contributed by atoms with Gasteiger partial charge >= 0.3 is 0 Å². The van der Waals surface area contributed by atoms with Crippen molar-refractivity contribution in [1.29, 1.82) is 0 Å². The summed E-state index contributed by atoms with van der Waals surface area (Å²) < 4.78 is 30.1. The molecule has 3 heterocycles. The Bertz CT molecular complexity index is 1020. The van der Waals surface area contributed by atoms with E-state index in [1.165, 1.54) is 16.8 Å². The van der Waals surface area contributed by atoms with Crippen molar-refractivity contribution in [3.8, 4) is 0 Å². The van der Waals surface area contributed by atoms with E-state index in [1.807, 2.05) is 12.1 Å². The lowest BCUT2D eigenvalue weighted by atomic mass is 10.0. The molecular weight excluding hydrogens is 350 g/mol. The quantitative estimate of drug-likeness (QED) is 0.648. The zero-order valence-corrected chi connectivity index (χ0v) is 16.0. The van der Waals surface area contributed by atoms with Gasteiger partial charge in [-0.05, 0) is 37.5 Å². The van der Waals surface area contributed by atoms with E-state index in [1.54, 1.807) is 17.4 Å². The Balaban J connectivity index is 2.01. The lowest BCUT2D eigenvalue weighted by Gasteiger charge is -2.15. The summed E-state index contributed by atoms with van der Waals surface area (Å²) in [6.07, 6.45) is 2.01. The molecule has 7 heteroatoms. The van der Waals surface area contributed by atoms with Crippen molar-refractivity contribution in [3.63, 3.8) is 0 Å². The molecular formula is C20H24F2N4O. The Hall–Kier alpha value is -2.57. The fourth-order valence-corrected chi connectivity index (χ4v) is 3.31. The smallest absolute Gasteiger partial charge is 0.269 e. The number of nitrogens with zero attached hydrogens (tertiary/aromatic N) is 4. The number of pyridine rings is 1. The minimum Gasteiger partial charge on any atom is -0.269 e. The van der Waals surface area contributed by atoms with E-state index in [-0.39, 0.29) is 23.7 Å². The second-order valence-electron chi connectivity index (χ2n) is 7.14. The molecule has 0 saturated carbocycles. The summed E-state index contributed by atoms with van der Waals surface area (Å²) in [4.78, 5) is 17.3. The van der Waals surface area contributed by atoms with Crippen molar-refractivity contribution in [1.82, 2.24) is 19.2 Å². The lowest BCUT2D eigenvalue weighted by Crippen LogP contribution is -2.21. The van der Waals surface area contributed by atoms with E-state index in [0.717, 1.165) is 25.5 Å². The van der Waals surface area contributed by atoms with Gasteiger partial charge in [-0.3, -0.25) is 13.9 Å². The maximum absolute atomic E-state index is 13.5. The lowest BCUT2D eigenvalue weighted by molar-refractivity contribution is 0.0121. The van der Waals surface area contributed by atoms with Crippen molar-refractivity contribution in [2.75, 3.05) is 0 Å². The van der Waals surface area contributed by atoms with Crippen LogP contribution in [-0.4, -0.2) is 19.2 Å². The number of aromatic nitrogens is 4. The molecule has 0 N–H and O–H groups in total. The monoisotopic (exact) mass is 374 g/mol. The second-order valence-corrected chi connectivity index (χ2v) is 7.14. The number of hydrogen-bond donors (Lipinski definition) is 0. The SMILES string of the molecule is CCC[C@H](C)c1cccc2nc(Cn3nc(C(C)(F)F)cc3C)cc(=O)n12. The molecule has 0 radical (unpaired) electrons. The van der Waals surface area contributed by atoms with Crippen LogP contribution in [0.2, 0.25) is 0 Å². The normalized spacial score (nSPS) is 13.3. The van der Waals surface area contributed by atoms with Crippen molar-refractivity contribution in [3.05, 3.63) is 63.5 Å². The molecule has 0 amide bonds. The van der Waals surface area contributed by atoms with Crippen molar-refractivity contribution >= 4 is 5.65 Å². The van der Waals surface area contributed by atoms with Gasteiger partial charge in [0.15, 0.2) is 0 Å². The van der Waals surface area contributed by atoms with Crippen LogP contribution in [0.15, 0.2) is 35.1 Å². The van der Waals surface area contributed by atoms with Crippen LogP contribution in [0.5, 0.6) is 0 Å². The van der Waals surface area contributed by atoms with E-state index in [9.17, 15) is 13.6 Å². The Kier molecular flexibility index (Phi) is 5.13. The largest absolute Gasteiger partial charge is 0.288 e. The van der Waals surface area contributed by atoms with Gasteiger partial charge in [-0.2, -0.15) is 13.9 Å². The van der Waals surface area contributed by atoms with Crippen LogP contribution >= 0.6 is 0 Å². The van der Waals surface area contributed by atoms with Crippen LogP contribution in [0.3, 0.4) is 0 Å². The van der Waals surface area contributed by atoms with Gasteiger partial charge < -0.3 is 0 Å². The van der Waals surface area contributed by atoms with Gasteiger partial charge in [0, 0.05) is 24.4 Å². The van der Waals surface area contributed by atoms with Crippen LogP contribution in [0.4, 0.5) is 8.78 Å². The molecule has 3 aromatic heterocycles. The standard InChI is InChI=1S/C20H24F2N4O/c1-5-7-13(2)16-8-6-9-18-23-15(11-19(27)26(16)18)12-25-14(3)10-17(24-25)20(4,21)22/h6,8-11,13H,5,7,12H2,1-4H3/t13-/m0/s1. The van der Waals surface area contributed by atoms with E-state index >= 15 is 0 Å². The summed E-state index contributed by atoms with van der Waals surface area (Å²) in [6, 6.07) is 8.44. The molecule has 3 rings (SSSR count). The number of fused-ring (bicyclic) bond motifs is 1. The molecule has 27 heavy (non-hydrogen) atoms. The van der Waals surface area contributed by atoms with Gasteiger partial charge in [-0.25, -0.2) is 4.98 Å². The molecule has 144 valence electrons. The molecule has 0 aliphatic rings. The molecule has 0 bridgehead atoms. The topological polar surface area (TPSA) is 52.2 Å². The predicted octanol–water partition coefficient (Wildman–Crippen LogP) is 4.26. The molecule has 0 fully saturated rings. The molecule has 3 aromatic rings. The summed E-state index contributed by atoms with van der Waals surface area (Å²) >= 11 is 0. The van der Waals surface area contributed by atoms with Crippen LogP contribution in [-0.2, 0) is 12.5 Å². The number of alkyl halides is 2. The maximum atomic E-state index is 13.5. The fraction of sp³-hybridized carbons (Fsp3) is 0.450. The van der Waals surface area contributed by atoms with Gasteiger partial charge in [0.1, 0.15) is 11.3 Å². The van der Waals surface area contributed by atoms with E-state index in [2.05, 4.69) is 23.9 Å². The third-order valence-electron chi connectivity index (χ3n) is 4.74. The van der Waals surface area contributed by atoms with Crippen molar-refractivity contribution in [2.24, 2.45) is 0 Å². The molecule has 0 saturated heterocycles. The molecule has 1 atom stereocenters. The third kappa shape index (κ3) is 3.91. The van der Waals surface area contributed by atoms with Crippen LogP contribution in [0, 0.1) is 6.92 Å². The predicted molar refractivity (Wildman–Crippen MR) is 100 cm³/mol. The summed E-state index contributed by atoms with van der Waals surface area (Å²) in [5.41, 5.74) is 2.13. The van der Waals surface area contributed by atoms with Gasteiger partial charge in [0.25, 0.3) is 11.5 Å². The van der Waals surface area contributed by atoms with E-state index in [4.69, 9.17) is 0 Å². The first-order chi connectivity index (χ1) is 12.7. The summed E-state index contributed by atoms with van der Waals surface area (Å²) in [6.45, 7) is 6.90. The van der Waals surface area contributed by atoms with Gasteiger partial charge in [0.2, 0.25) is 0 Å². The van der Waals surface area contributed by atoms with Crippen LogP contribution in [0.25, 0.3) is 5.65 Å². The molecule has 0 spiro atoms. The third-order valence-corrected chi connectivity index (χ3v) is 4.74. The van der Waals surface area contributed by atoms with Crippen LogP contribution in [0.1, 0.15) is 62.3 Å². The van der Waals surface area contributed by atoms with Crippen molar-refractivity contribution in [2.45, 2.75) is 58.9 Å². The molecule has 0 aromatic carbocycles. The summed E-state index contributed by atoms with van der Waals surface area (Å²) in [5.74, 6) is -2.76. The highest BCUT2D eigenvalue weighted by Crippen LogP contribution is 2.26. The average Bonchev–Trinajstić information content (AvgIpc) is 2.95. The zero-order valence-electron chi connectivity index (χ0n) is 16.0. The van der Waals surface area contributed by atoms with E-state index in [0.29, 0.717) is 17.0 Å². The number of hydrogen-bond acceptors (Lipinski definition) is 3. The van der Waals surface area contributed by atoms with Crippen molar-refractivity contribution < 1.29 is 8.78 Å². The molecule has 0 aliphatic carbocycles. The second kappa shape index (κ2) is 7.21. The number of aryl methyl sites for hydroxylation is 1. The van der Waals surface area contributed by atoms with Gasteiger partial charge in [-0.15, -0.1) is 0 Å². The highest BCUT2D eigenvalue weighted by molar-refractivity contribution is 5.41. The van der Waals surface area contributed by atoms with Crippen LogP contribution < -0.4 is 5.56 Å². The highest BCUT2D eigenvalue weighted by atomic mass is 19.3. The Morgan fingerprint density at radius 3 is 2.63 bits per heavy atom. The zero-order chi connectivity index (χ0) is 19.8. The van der Waals surface area contributed by atoms with Gasteiger partial charge in [0.05, 0.1) is 12.2 Å². The highest BCUT2D eigenvalue weighted by Gasteiger charge is 2.28. The van der Waals surface area contributed by atoms with E-state index < -0.39 is 5.92 Å². The first-order valence-electron chi connectivity index (χ1n) is 9.15. The first kappa shape index (κ1) is 19.2. The number of halogens is 2. The summed E-state index contributed by atoms with van der Waals surface area (Å²) in [5, 5.41) is 3.97. The molecule has 0 aliphatic heterocycles. The minimum atomic E-state index is -3.00. The Morgan fingerprint density at radius 2 is 2.00 bits per heavy atom. The minimum absolute atomic E-state index is 0.167. The fourth-order valence-electron chi connectivity index (χ4n) is 3.31. The average molecular weight is 374 g/mol. The Morgan fingerprint density at radius 1 is 1.26 bits per heavy atom. The molecule has 0 unspecified atom stereocenters. The summed E-state index contributed by atoms with van der Waals surface area (Å²) in [7, 11) is 0. The Labute approximate surface area is 156 Å². The first-order valence-corrected chi connectivity index (χ1v) is 9.15. The molecule has 5 nitrogen and oxygen atoms in total.